The minimum absolute atomic E-state index is 0.118. The highest BCUT2D eigenvalue weighted by atomic mass is 16.3. The molecule has 0 bridgehead atoms. The highest BCUT2D eigenvalue weighted by molar-refractivity contribution is 5.76. The Balaban J connectivity index is 1.72. The number of hydrogen-bond acceptors (Lipinski definition) is 5. The molecule has 3 rings (SSSR count). The predicted octanol–water partition coefficient (Wildman–Crippen LogP) is 0.260. The van der Waals surface area contributed by atoms with Gasteiger partial charge in [-0.15, -0.1) is 0 Å². The van der Waals surface area contributed by atoms with Crippen molar-refractivity contribution in [1.82, 2.24) is 14.9 Å². The molecule has 1 aliphatic rings. The first kappa shape index (κ1) is 15.1. The van der Waals surface area contributed by atoms with Crippen LogP contribution in [0.25, 0.3) is 10.9 Å². The third kappa shape index (κ3) is 3.19. The van der Waals surface area contributed by atoms with Crippen LogP contribution in [0.3, 0.4) is 0 Å². The van der Waals surface area contributed by atoms with Gasteiger partial charge in [0.2, 0.25) is 0 Å². The van der Waals surface area contributed by atoms with Crippen molar-refractivity contribution in [2.24, 2.45) is 0 Å². The molecule has 0 amide bonds. The number of rotatable bonds is 4. The number of piperidine rings is 1. The van der Waals surface area contributed by atoms with Crippen molar-refractivity contribution >= 4 is 10.9 Å². The average Bonchev–Trinajstić information content (AvgIpc) is 2.53. The summed E-state index contributed by atoms with van der Waals surface area (Å²) >= 11 is 0. The lowest BCUT2D eigenvalue weighted by Gasteiger charge is -2.30. The number of aliphatic hydroxyl groups is 2. The molecule has 0 aliphatic carbocycles. The van der Waals surface area contributed by atoms with Gasteiger partial charge in [0.15, 0.2) is 0 Å². The fourth-order valence-corrected chi connectivity index (χ4v) is 3.01. The SMILES string of the molecule is O=c1c2ccccc2ncn1CC(O)CC1NCCCC1O. The van der Waals surface area contributed by atoms with Crippen LogP contribution in [-0.4, -0.2) is 44.6 Å². The van der Waals surface area contributed by atoms with E-state index in [2.05, 4.69) is 10.3 Å². The van der Waals surface area contributed by atoms with E-state index >= 15 is 0 Å². The van der Waals surface area contributed by atoms with Gasteiger partial charge in [0, 0.05) is 6.04 Å². The number of benzene rings is 1. The molecule has 1 fully saturated rings. The van der Waals surface area contributed by atoms with E-state index in [1.54, 1.807) is 18.2 Å². The summed E-state index contributed by atoms with van der Waals surface area (Å²) in [5, 5.41) is 23.9. The zero-order valence-corrected chi connectivity index (χ0v) is 12.4. The second kappa shape index (κ2) is 6.56. The summed E-state index contributed by atoms with van der Waals surface area (Å²) in [5.74, 6) is 0. The van der Waals surface area contributed by atoms with Crippen molar-refractivity contribution in [2.45, 2.75) is 44.1 Å². The molecule has 3 atom stereocenters. The Bertz CT molecular complexity index is 700. The minimum Gasteiger partial charge on any atom is -0.392 e. The second-order valence-corrected chi connectivity index (χ2v) is 5.88. The van der Waals surface area contributed by atoms with Gasteiger partial charge in [0.1, 0.15) is 0 Å². The van der Waals surface area contributed by atoms with Crippen LogP contribution >= 0.6 is 0 Å². The number of nitrogens with one attached hydrogen (secondary N) is 1. The van der Waals surface area contributed by atoms with E-state index in [4.69, 9.17) is 0 Å². The zero-order chi connectivity index (χ0) is 15.5. The van der Waals surface area contributed by atoms with Crippen LogP contribution in [0, 0.1) is 0 Å². The van der Waals surface area contributed by atoms with Crippen LogP contribution in [0.4, 0.5) is 0 Å². The van der Waals surface area contributed by atoms with E-state index in [1.807, 2.05) is 6.07 Å². The maximum Gasteiger partial charge on any atom is 0.261 e. The van der Waals surface area contributed by atoms with Crippen LogP contribution in [0.1, 0.15) is 19.3 Å². The van der Waals surface area contributed by atoms with E-state index in [-0.39, 0.29) is 18.1 Å². The molecule has 2 heterocycles. The molecular formula is C16H21N3O3. The van der Waals surface area contributed by atoms with Gasteiger partial charge in [-0.1, -0.05) is 12.1 Å². The highest BCUT2D eigenvalue weighted by Crippen LogP contribution is 2.14. The third-order valence-electron chi connectivity index (χ3n) is 4.21. The van der Waals surface area contributed by atoms with E-state index < -0.39 is 12.2 Å². The van der Waals surface area contributed by atoms with E-state index in [9.17, 15) is 15.0 Å². The number of fused-ring (bicyclic) bond motifs is 1. The van der Waals surface area contributed by atoms with E-state index in [0.717, 1.165) is 19.4 Å². The molecule has 0 spiro atoms. The first-order valence-corrected chi connectivity index (χ1v) is 7.69. The summed E-state index contributed by atoms with van der Waals surface area (Å²) in [6.45, 7) is 1.04. The Morgan fingerprint density at radius 1 is 1.41 bits per heavy atom. The molecule has 3 N–H and O–H groups in total. The topological polar surface area (TPSA) is 87.4 Å². The molecule has 2 aromatic rings. The quantitative estimate of drug-likeness (QED) is 0.754. The first-order chi connectivity index (χ1) is 10.6. The van der Waals surface area contributed by atoms with Crippen molar-refractivity contribution in [3.05, 3.63) is 40.9 Å². The van der Waals surface area contributed by atoms with E-state index in [0.29, 0.717) is 17.3 Å². The first-order valence-electron chi connectivity index (χ1n) is 7.69. The molecule has 1 aliphatic heterocycles. The summed E-state index contributed by atoms with van der Waals surface area (Å²) in [4.78, 5) is 16.6. The lowest BCUT2D eigenvalue weighted by atomic mass is 9.96. The second-order valence-electron chi connectivity index (χ2n) is 5.88. The molecule has 0 saturated carbocycles. The summed E-state index contributed by atoms with van der Waals surface area (Å²) in [6.07, 6.45) is 2.45. The molecule has 118 valence electrons. The lowest BCUT2D eigenvalue weighted by molar-refractivity contribution is 0.0539. The largest absolute Gasteiger partial charge is 0.392 e. The molecule has 6 nitrogen and oxygen atoms in total. The van der Waals surface area contributed by atoms with Crippen LogP contribution in [0.2, 0.25) is 0 Å². The smallest absolute Gasteiger partial charge is 0.261 e. The average molecular weight is 303 g/mol. The number of aromatic nitrogens is 2. The Morgan fingerprint density at radius 3 is 3.05 bits per heavy atom. The Morgan fingerprint density at radius 2 is 2.23 bits per heavy atom. The van der Waals surface area contributed by atoms with Crippen LogP contribution in [0.15, 0.2) is 35.4 Å². The predicted molar refractivity (Wildman–Crippen MR) is 83.7 cm³/mol. The molecule has 0 radical (unpaired) electrons. The van der Waals surface area contributed by atoms with Crippen LogP contribution < -0.4 is 10.9 Å². The van der Waals surface area contributed by atoms with Gasteiger partial charge in [0.25, 0.3) is 5.56 Å². The number of hydrogen-bond donors (Lipinski definition) is 3. The fraction of sp³-hybridized carbons (Fsp3) is 0.500. The van der Waals surface area contributed by atoms with Crippen LogP contribution in [-0.2, 0) is 6.54 Å². The van der Waals surface area contributed by atoms with Gasteiger partial charge in [-0.05, 0) is 37.9 Å². The maximum atomic E-state index is 12.4. The van der Waals surface area contributed by atoms with Gasteiger partial charge >= 0.3 is 0 Å². The van der Waals surface area contributed by atoms with Crippen molar-refractivity contribution in [3.8, 4) is 0 Å². The Hall–Kier alpha value is -1.76. The van der Waals surface area contributed by atoms with Gasteiger partial charge in [0.05, 0.1) is 36.0 Å². The van der Waals surface area contributed by atoms with Crippen molar-refractivity contribution in [1.29, 1.82) is 0 Å². The standard InChI is InChI=1S/C16H21N3O3/c20-11(8-14-15(21)6-3-7-17-14)9-19-10-18-13-5-2-1-4-12(13)16(19)22/h1-2,4-5,10-11,14-15,17,20-21H,3,6-9H2. The van der Waals surface area contributed by atoms with E-state index in [1.165, 1.54) is 10.9 Å². The molecule has 1 saturated heterocycles. The molecule has 3 unspecified atom stereocenters. The maximum absolute atomic E-state index is 12.4. The molecule has 1 aromatic carbocycles. The number of aliphatic hydroxyl groups excluding tert-OH is 2. The van der Waals surface area contributed by atoms with Crippen molar-refractivity contribution in [3.63, 3.8) is 0 Å². The summed E-state index contributed by atoms with van der Waals surface area (Å²) in [5.41, 5.74) is 0.504. The van der Waals surface area contributed by atoms with Gasteiger partial charge < -0.3 is 15.5 Å². The van der Waals surface area contributed by atoms with Crippen molar-refractivity contribution in [2.75, 3.05) is 6.54 Å². The lowest BCUT2D eigenvalue weighted by Crippen LogP contribution is -2.47. The summed E-state index contributed by atoms with van der Waals surface area (Å²) < 4.78 is 1.43. The van der Waals surface area contributed by atoms with Crippen molar-refractivity contribution < 1.29 is 10.2 Å². The Kier molecular flexibility index (Phi) is 4.52. The zero-order valence-electron chi connectivity index (χ0n) is 12.4. The monoisotopic (exact) mass is 303 g/mol. The van der Waals surface area contributed by atoms with Gasteiger partial charge in [-0.2, -0.15) is 0 Å². The van der Waals surface area contributed by atoms with Gasteiger partial charge in [-0.25, -0.2) is 4.98 Å². The summed E-state index contributed by atoms with van der Waals surface area (Å²) in [7, 11) is 0. The normalized spacial score (nSPS) is 23.5. The molecule has 6 heteroatoms. The minimum atomic E-state index is -0.703. The molecular weight excluding hydrogens is 282 g/mol. The molecule has 1 aromatic heterocycles. The Labute approximate surface area is 128 Å². The number of para-hydroxylation sites is 1. The third-order valence-corrected chi connectivity index (χ3v) is 4.21. The molecule has 22 heavy (non-hydrogen) atoms. The summed E-state index contributed by atoms with van der Waals surface area (Å²) in [6, 6.07) is 7.05. The van der Waals surface area contributed by atoms with Crippen LogP contribution in [0.5, 0.6) is 0 Å². The highest BCUT2D eigenvalue weighted by Gasteiger charge is 2.25. The fourth-order valence-electron chi connectivity index (χ4n) is 3.01. The number of nitrogens with zero attached hydrogens (tertiary/aromatic N) is 2. The van der Waals surface area contributed by atoms with Gasteiger partial charge in [-0.3, -0.25) is 9.36 Å².